The zero-order chi connectivity index (χ0) is 21.9. The summed E-state index contributed by atoms with van der Waals surface area (Å²) >= 11 is 0. The molecule has 10 heteroatoms. The van der Waals surface area contributed by atoms with Gasteiger partial charge in [0.1, 0.15) is 16.4 Å². The number of amides is 2. The predicted molar refractivity (Wildman–Crippen MR) is 111 cm³/mol. The van der Waals surface area contributed by atoms with Crippen LogP contribution in [0.5, 0.6) is 0 Å². The zero-order valence-corrected chi connectivity index (χ0v) is 18.3. The number of aryl methyl sites for hydroxylation is 3. The second-order valence-corrected chi connectivity index (χ2v) is 9.22. The van der Waals surface area contributed by atoms with Crippen LogP contribution in [0.15, 0.2) is 21.4 Å². The topological polar surface area (TPSA) is 125 Å². The molecule has 164 valence electrons. The zero-order valence-electron chi connectivity index (χ0n) is 17.5. The summed E-state index contributed by atoms with van der Waals surface area (Å²) in [6, 6.07) is 3.58. The first kappa shape index (κ1) is 22.1. The Balaban J connectivity index is 1.62. The Morgan fingerprint density at radius 1 is 1.13 bits per heavy atom. The summed E-state index contributed by atoms with van der Waals surface area (Å²) in [4.78, 5) is 29.5. The number of hydrogen-bond donors (Lipinski definition) is 3. The minimum Gasteiger partial charge on any atom is -0.465 e. The highest BCUT2D eigenvalue weighted by Crippen LogP contribution is 2.26. The first-order valence-electron chi connectivity index (χ1n) is 9.99. The van der Waals surface area contributed by atoms with Gasteiger partial charge in [-0.05, 0) is 45.7 Å². The lowest BCUT2D eigenvalue weighted by Gasteiger charge is -2.17. The average Bonchev–Trinajstić information content (AvgIpc) is 3.40. The molecule has 1 fully saturated rings. The maximum atomic E-state index is 12.9. The molecular weight excluding hydrogens is 408 g/mol. The van der Waals surface area contributed by atoms with E-state index in [0.29, 0.717) is 30.2 Å². The van der Waals surface area contributed by atoms with E-state index in [1.807, 2.05) is 6.92 Å². The van der Waals surface area contributed by atoms with E-state index in [-0.39, 0.29) is 41.8 Å². The van der Waals surface area contributed by atoms with Crippen LogP contribution in [0.1, 0.15) is 52.5 Å². The summed E-state index contributed by atoms with van der Waals surface area (Å²) in [7, 11) is -3.96. The van der Waals surface area contributed by atoms with E-state index in [1.54, 1.807) is 30.9 Å². The Kier molecular flexibility index (Phi) is 6.67. The van der Waals surface area contributed by atoms with Gasteiger partial charge in [-0.1, -0.05) is 0 Å². The van der Waals surface area contributed by atoms with Crippen molar-refractivity contribution < 1.29 is 22.4 Å². The molecule has 0 atom stereocenters. The predicted octanol–water partition coefficient (Wildman–Crippen LogP) is 1.75. The minimum atomic E-state index is -3.96. The Bertz CT molecular complexity index is 1030. The van der Waals surface area contributed by atoms with Crippen LogP contribution in [0.25, 0.3) is 0 Å². The van der Waals surface area contributed by atoms with E-state index < -0.39 is 10.0 Å². The summed E-state index contributed by atoms with van der Waals surface area (Å²) in [6.07, 6.45) is 1.80. The van der Waals surface area contributed by atoms with Gasteiger partial charge in [0.2, 0.25) is 15.9 Å². The molecule has 2 aromatic rings. The van der Waals surface area contributed by atoms with Crippen molar-refractivity contribution in [3.63, 3.8) is 0 Å². The maximum Gasteiger partial charge on any atom is 0.257 e. The Labute approximate surface area is 176 Å². The summed E-state index contributed by atoms with van der Waals surface area (Å²) in [6.45, 7) is 6.55. The third-order valence-corrected chi connectivity index (χ3v) is 6.73. The fraction of sp³-hybridized carbons (Fsp3) is 0.500. The number of hydrogen-bond acceptors (Lipinski definition) is 5. The van der Waals surface area contributed by atoms with E-state index >= 15 is 0 Å². The summed E-state index contributed by atoms with van der Waals surface area (Å²) in [5.74, 6) is 0.802. The molecule has 9 nitrogen and oxygen atoms in total. The fourth-order valence-electron chi connectivity index (χ4n) is 3.66. The molecule has 1 aliphatic rings. The van der Waals surface area contributed by atoms with E-state index in [1.165, 1.54) is 0 Å². The van der Waals surface area contributed by atoms with Crippen LogP contribution in [0.4, 0.5) is 0 Å². The van der Waals surface area contributed by atoms with Crippen molar-refractivity contribution in [2.24, 2.45) is 0 Å². The number of carbonyl (C=O) groups is 2. The summed E-state index contributed by atoms with van der Waals surface area (Å²) in [5, 5.41) is 2.69. The molecule has 0 radical (unpaired) electrons. The number of aromatic nitrogens is 1. The third kappa shape index (κ3) is 4.93. The van der Waals surface area contributed by atoms with Crippen LogP contribution >= 0.6 is 0 Å². The van der Waals surface area contributed by atoms with Gasteiger partial charge in [-0.3, -0.25) is 9.59 Å². The molecule has 0 saturated carbocycles. The van der Waals surface area contributed by atoms with Crippen molar-refractivity contribution in [3.05, 3.63) is 40.6 Å². The van der Waals surface area contributed by atoms with Crippen molar-refractivity contribution in [3.8, 4) is 0 Å². The molecular formula is C20H28N4O5S. The first-order chi connectivity index (χ1) is 14.2. The molecule has 0 unspecified atom stereocenters. The van der Waals surface area contributed by atoms with Crippen molar-refractivity contribution >= 4 is 21.8 Å². The van der Waals surface area contributed by atoms with Gasteiger partial charge in [0.15, 0.2) is 0 Å². The molecule has 1 aliphatic heterocycles. The number of nitrogens with one attached hydrogen (secondary N) is 3. The highest BCUT2D eigenvalue weighted by Gasteiger charge is 2.32. The van der Waals surface area contributed by atoms with Gasteiger partial charge in [-0.25, -0.2) is 13.1 Å². The first-order valence-corrected chi connectivity index (χ1v) is 11.5. The van der Waals surface area contributed by atoms with Gasteiger partial charge >= 0.3 is 0 Å². The van der Waals surface area contributed by atoms with Crippen LogP contribution in [0.2, 0.25) is 0 Å². The molecule has 3 heterocycles. The third-order valence-electron chi connectivity index (χ3n) is 5.09. The second-order valence-electron chi connectivity index (χ2n) is 7.52. The molecule has 0 spiro atoms. The lowest BCUT2D eigenvalue weighted by atomic mass is 10.2. The highest BCUT2D eigenvalue weighted by atomic mass is 32.2. The van der Waals surface area contributed by atoms with E-state index in [2.05, 4.69) is 15.0 Å². The number of aromatic amines is 1. The van der Waals surface area contributed by atoms with Gasteiger partial charge in [0.25, 0.3) is 5.91 Å². The van der Waals surface area contributed by atoms with Gasteiger partial charge in [-0.15, -0.1) is 0 Å². The Morgan fingerprint density at radius 3 is 2.47 bits per heavy atom. The van der Waals surface area contributed by atoms with Crippen molar-refractivity contribution in [2.75, 3.05) is 19.6 Å². The highest BCUT2D eigenvalue weighted by molar-refractivity contribution is 7.89. The monoisotopic (exact) mass is 436 g/mol. The molecule has 0 aliphatic carbocycles. The summed E-state index contributed by atoms with van der Waals surface area (Å²) in [5.41, 5.74) is 1.11. The van der Waals surface area contributed by atoms with Crippen LogP contribution < -0.4 is 10.0 Å². The molecule has 3 rings (SSSR count). The number of carbonyl (C=O) groups excluding carboxylic acids is 2. The standard InChI is InChI=1S/C20H28N4O5S/c1-13-6-7-16(29-13)12-21-17(25)8-9-22-30(27,28)19-15(3)23-14(2)18(19)20(26)24-10-4-5-11-24/h6-7,22-23H,4-5,8-12H2,1-3H3,(H,21,25). The lowest BCUT2D eigenvalue weighted by Crippen LogP contribution is -2.33. The smallest absolute Gasteiger partial charge is 0.257 e. The largest absolute Gasteiger partial charge is 0.465 e. The number of rotatable bonds is 8. The Hall–Kier alpha value is -2.59. The van der Waals surface area contributed by atoms with Crippen LogP contribution in [0, 0.1) is 20.8 Å². The molecule has 1 saturated heterocycles. The second kappa shape index (κ2) is 9.05. The maximum absolute atomic E-state index is 12.9. The van der Waals surface area contributed by atoms with Crippen molar-refractivity contribution in [1.29, 1.82) is 0 Å². The minimum absolute atomic E-state index is 0.0310. The molecule has 2 amide bonds. The quantitative estimate of drug-likeness (QED) is 0.582. The normalized spacial score (nSPS) is 14.3. The van der Waals surface area contributed by atoms with Crippen LogP contribution in [0.3, 0.4) is 0 Å². The molecule has 0 bridgehead atoms. The van der Waals surface area contributed by atoms with E-state index in [9.17, 15) is 18.0 Å². The molecule has 3 N–H and O–H groups in total. The molecule has 30 heavy (non-hydrogen) atoms. The number of furan rings is 1. The number of likely N-dealkylation sites (tertiary alicyclic amines) is 1. The average molecular weight is 437 g/mol. The lowest BCUT2D eigenvalue weighted by molar-refractivity contribution is -0.121. The van der Waals surface area contributed by atoms with E-state index in [0.717, 1.165) is 18.6 Å². The van der Waals surface area contributed by atoms with Gasteiger partial charge in [0, 0.05) is 37.4 Å². The van der Waals surface area contributed by atoms with Crippen LogP contribution in [-0.2, 0) is 21.4 Å². The van der Waals surface area contributed by atoms with Crippen LogP contribution in [-0.4, -0.2) is 49.8 Å². The van der Waals surface area contributed by atoms with E-state index in [4.69, 9.17) is 4.42 Å². The SMILES string of the molecule is Cc1ccc(CNC(=O)CCNS(=O)(=O)c2c(C)[nH]c(C)c2C(=O)N2CCCC2)o1. The van der Waals surface area contributed by atoms with Gasteiger partial charge in [-0.2, -0.15) is 0 Å². The Morgan fingerprint density at radius 2 is 1.83 bits per heavy atom. The number of nitrogens with zero attached hydrogens (tertiary/aromatic N) is 1. The van der Waals surface area contributed by atoms with Crippen molar-refractivity contribution in [2.45, 2.75) is 51.5 Å². The number of H-pyrrole nitrogens is 1. The van der Waals surface area contributed by atoms with Gasteiger partial charge < -0.3 is 19.6 Å². The molecule has 2 aromatic heterocycles. The van der Waals surface area contributed by atoms with Crippen molar-refractivity contribution in [1.82, 2.24) is 19.9 Å². The fourth-order valence-corrected chi connectivity index (χ4v) is 5.13. The summed E-state index contributed by atoms with van der Waals surface area (Å²) < 4.78 is 33.7. The molecule has 0 aromatic carbocycles. The van der Waals surface area contributed by atoms with Gasteiger partial charge in [0.05, 0.1) is 12.1 Å². The number of sulfonamides is 1.